The van der Waals surface area contributed by atoms with Gasteiger partial charge in [0.15, 0.2) is 0 Å². The molecule has 2 nitrogen and oxygen atoms in total. The molecule has 0 aliphatic rings. The largest absolute Gasteiger partial charge is 0.330 e. The van der Waals surface area contributed by atoms with Gasteiger partial charge in [0.1, 0.15) is 5.82 Å². The van der Waals surface area contributed by atoms with Crippen LogP contribution in [-0.4, -0.2) is 13.1 Å². The van der Waals surface area contributed by atoms with Crippen LogP contribution in [-0.2, 0) is 6.54 Å². The average molecular weight is 196 g/mol. The molecular formula is C11H17FN2. The third kappa shape index (κ3) is 3.85. The summed E-state index contributed by atoms with van der Waals surface area (Å²) in [7, 11) is 0. The molecule has 0 amide bonds. The third-order valence-electron chi connectivity index (χ3n) is 2.14. The highest BCUT2D eigenvalue weighted by atomic mass is 19.1. The third-order valence-corrected chi connectivity index (χ3v) is 2.14. The molecule has 0 bridgehead atoms. The molecule has 78 valence electrons. The lowest BCUT2D eigenvalue weighted by atomic mass is 10.1. The number of nitrogens with one attached hydrogen (secondary N) is 1. The summed E-state index contributed by atoms with van der Waals surface area (Å²) in [6.45, 7) is 4.45. The van der Waals surface area contributed by atoms with Crippen molar-refractivity contribution in [3.8, 4) is 0 Å². The molecule has 1 atom stereocenters. The monoisotopic (exact) mass is 196 g/mol. The molecule has 0 fully saturated rings. The van der Waals surface area contributed by atoms with Gasteiger partial charge in [0.2, 0.25) is 0 Å². The molecule has 0 saturated heterocycles. The molecule has 0 heterocycles. The Kier molecular flexibility index (Phi) is 4.56. The first-order valence-electron chi connectivity index (χ1n) is 4.87. The quantitative estimate of drug-likeness (QED) is 0.749. The van der Waals surface area contributed by atoms with Gasteiger partial charge in [0.05, 0.1) is 0 Å². The fraction of sp³-hybridized carbons (Fsp3) is 0.455. The second-order valence-electron chi connectivity index (χ2n) is 3.60. The highest BCUT2D eigenvalue weighted by molar-refractivity contribution is 5.15. The predicted octanol–water partition coefficient (Wildman–Crippen LogP) is 1.51. The Bertz CT molecular complexity index is 258. The van der Waals surface area contributed by atoms with Crippen LogP contribution in [0.25, 0.3) is 0 Å². The molecule has 3 heteroatoms. The second kappa shape index (κ2) is 5.73. The number of nitrogens with two attached hydrogens (primary N) is 1. The Morgan fingerprint density at radius 3 is 2.57 bits per heavy atom. The van der Waals surface area contributed by atoms with Crippen LogP contribution >= 0.6 is 0 Å². The molecule has 1 aromatic carbocycles. The normalized spacial score (nSPS) is 12.8. The minimum Gasteiger partial charge on any atom is -0.330 e. The molecule has 0 spiro atoms. The van der Waals surface area contributed by atoms with Crippen LogP contribution in [0, 0.1) is 11.7 Å². The number of halogens is 1. The van der Waals surface area contributed by atoms with Crippen molar-refractivity contribution in [2.24, 2.45) is 11.7 Å². The van der Waals surface area contributed by atoms with Gasteiger partial charge in [-0.05, 0) is 36.7 Å². The van der Waals surface area contributed by atoms with Gasteiger partial charge in [-0.3, -0.25) is 0 Å². The number of benzene rings is 1. The molecule has 1 rings (SSSR count). The van der Waals surface area contributed by atoms with Gasteiger partial charge in [-0.1, -0.05) is 19.1 Å². The van der Waals surface area contributed by atoms with Crippen molar-refractivity contribution in [1.29, 1.82) is 0 Å². The van der Waals surface area contributed by atoms with Crippen molar-refractivity contribution in [3.63, 3.8) is 0 Å². The molecule has 1 unspecified atom stereocenters. The van der Waals surface area contributed by atoms with Crippen molar-refractivity contribution < 1.29 is 4.39 Å². The molecule has 0 saturated carbocycles. The van der Waals surface area contributed by atoms with E-state index in [1.807, 2.05) is 0 Å². The Balaban J connectivity index is 2.28. The van der Waals surface area contributed by atoms with Gasteiger partial charge in [-0.15, -0.1) is 0 Å². The second-order valence-corrected chi connectivity index (χ2v) is 3.60. The van der Waals surface area contributed by atoms with Gasteiger partial charge in [-0.25, -0.2) is 4.39 Å². The van der Waals surface area contributed by atoms with E-state index in [0.717, 1.165) is 18.7 Å². The minimum atomic E-state index is -0.191. The van der Waals surface area contributed by atoms with Gasteiger partial charge in [-0.2, -0.15) is 0 Å². The van der Waals surface area contributed by atoms with E-state index < -0.39 is 0 Å². The summed E-state index contributed by atoms with van der Waals surface area (Å²) in [4.78, 5) is 0. The van der Waals surface area contributed by atoms with E-state index >= 15 is 0 Å². The molecule has 0 aromatic heterocycles. The van der Waals surface area contributed by atoms with Crippen molar-refractivity contribution in [3.05, 3.63) is 35.6 Å². The Hall–Kier alpha value is -0.930. The van der Waals surface area contributed by atoms with Crippen LogP contribution in [0.4, 0.5) is 4.39 Å². The summed E-state index contributed by atoms with van der Waals surface area (Å²) in [6.07, 6.45) is 0. The lowest BCUT2D eigenvalue weighted by Gasteiger charge is -2.09. The van der Waals surface area contributed by atoms with E-state index in [4.69, 9.17) is 5.73 Å². The zero-order valence-electron chi connectivity index (χ0n) is 8.46. The standard InChI is InChI=1S/C11H17FN2/c1-9(6-13)7-14-8-10-2-4-11(12)5-3-10/h2-5,9,14H,6-8,13H2,1H3. The molecular weight excluding hydrogens is 179 g/mol. The molecule has 0 aliphatic heterocycles. The maximum atomic E-state index is 12.6. The topological polar surface area (TPSA) is 38.0 Å². The Morgan fingerprint density at radius 2 is 2.00 bits per heavy atom. The highest BCUT2D eigenvalue weighted by Gasteiger charge is 1.98. The molecule has 0 radical (unpaired) electrons. The molecule has 14 heavy (non-hydrogen) atoms. The smallest absolute Gasteiger partial charge is 0.123 e. The Labute approximate surface area is 84.3 Å². The first kappa shape index (κ1) is 11.1. The molecule has 1 aromatic rings. The van der Waals surface area contributed by atoms with Crippen LogP contribution in [0.3, 0.4) is 0 Å². The van der Waals surface area contributed by atoms with Gasteiger partial charge >= 0.3 is 0 Å². The Morgan fingerprint density at radius 1 is 1.36 bits per heavy atom. The van der Waals surface area contributed by atoms with E-state index in [1.165, 1.54) is 12.1 Å². The van der Waals surface area contributed by atoms with E-state index in [9.17, 15) is 4.39 Å². The van der Waals surface area contributed by atoms with Crippen molar-refractivity contribution in [2.45, 2.75) is 13.5 Å². The summed E-state index contributed by atoms with van der Waals surface area (Å²) in [5.74, 6) is 0.291. The van der Waals surface area contributed by atoms with Gasteiger partial charge < -0.3 is 11.1 Å². The van der Waals surface area contributed by atoms with Crippen molar-refractivity contribution >= 4 is 0 Å². The SMILES string of the molecule is CC(CN)CNCc1ccc(F)cc1. The van der Waals surface area contributed by atoms with Gasteiger partial charge in [0, 0.05) is 6.54 Å². The summed E-state index contributed by atoms with van der Waals surface area (Å²) in [5, 5.41) is 3.27. The van der Waals surface area contributed by atoms with Crippen molar-refractivity contribution in [1.82, 2.24) is 5.32 Å². The summed E-state index contributed by atoms with van der Waals surface area (Å²) in [5.41, 5.74) is 6.57. The summed E-state index contributed by atoms with van der Waals surface area (Å²) < 4.78 is 12.6. The van der Waals surface area contributed by atoms with E-state index in [-0.39, 0.29) is 5.82 Å². The van der Waals surface area contributed by atoms with E-state index in [1.54, 1.807) is 12.1 Å². The fourth-order valence-electron chi connectivity index (χ4n) is 1.15. The number of hydrogen-bond donors (Lipinski definition) is 2. The highest BCUT2D eigenvalue weighted by Crippen LogP contribution is 2.02. The van der Waals surface area contributed by atoms with Gasteiger partial charge in [0.25, 0.3) is 0 Å². The van der Waals surface area contributed by atoms with Crippen LogP contribution in [0.15, 0.2) is 24.3 Å². The van der Waals surface area contributed by atoms with Crippen LogP contribution in [0.2, 0.25) is 0 Å². The van der Waals surface area contributed by atoms with E-state index in [0.29, 0.717) is 12.5 Å². The lowest BCUT2D eigenvalue weighted by molar-refractivity contribution is 0.522. The maximum Gasteiger partial charge on any atom is 0.123 e. The van der Waals surface area contributed by atoms with E-state index in [2.05, 4.69) is 12.2 Å². The summed E-state index contributed by atoms with van der Waals surface area (Å²) in [6, 6.07) is 6.53. The molecule has 3 N–H and O–H groups in total. The van der Waals surface area contributed by atoms with Crippen LogP contribution in [0.1, 0.15) is 12.5 Å². The number of hydrogen-bond acceptors (Lipinski definition) is 2. The zero-order chi connectivity index (χ0) is 10.4. The first-order chi connectivity index (χ1) is 6.72. The van der Waals surface area contributed by atoms with Crippen LogP contribution in [0.5, 0.6) is 0 Å². The lowest BCUT2D eigenvalue weighted by Crippen LogP contribution is -2.25. The summed E-state index contributed by atoms with van der Waals surface area (Å²) >= 11 is 0. The zero-order valence-corrected chi connectivity index (χ0v) is 8.46. The predicted molar refractivity (Wildman–Crippen MR) is 56.3 cm³/mol. The maximum absolute atomic E-state index is 12.6. The minimum absolute atomic E-state index is 0.191. The van der Waals surface area contributed by atoms with Crippen LogP contribution < -0.4 is 11.1 Å². The average Bonchev–Trinajstić information content (AvgIpc) is 2.21. The molecule has 0 aliphatic carbocycles. The fourth-order valence-corrected chi connectivity index (χ4v) is 1.15. The number of rotatable bonds is 5. The van der Waals surface area contributed by atoms with Crippen molar-refractivity contribution in [2.75, 3.05) is 13.1 Å². The first-order valence-corrected chi connectivity index (χ1v) is 4.87.